The van der Waals surface area contributed by atoms with Gasteiger partial charge in [0.05, 0.1) is 5.52 Å². The van der Waals surface area contributed by atoms with Crippen molar-refractivity contribution >= 4 is 21.8 Å². The van der Waals surface area contributed by atoms with E-state index in [4.69, 9.17) is 0 Å². The van der Waals surface area contributed by atoms with E-state index in [1.807, 2.05) is 0 Å². The summed E-state index contributed by atoms with van der Waals surface area (Å²) in [5, 5.41) is 2.19. The fourth-order valence-corrected chi connectivity index (χ4v) is 6.31. The minimum Gasteiger partial charge on any atom is -0.344 e. The SMILES string of the molecule is Cc1ccc2c(ccn2C2CC(N(C)Cc3cn(C4CC(N(C)C)C4)c4cc(F)c(F)cc34)C2)c1C. The zero-order chi connectivity index (χ0) is 25.3. The molecule has 190 valence electrons. The molecule has 4 aromatic rings. The van der Waals surface area contributed by atoms with Crippen molar-refractivity contribution < 1.29 is 8.78 Å². The molecular weight excluding hydrogens is 454 g/mol. The molecule has 0 atom stereocenters. The van der Waals surface area contributed by atoms with Gasteiger partial charge in [0.2, 0.25) is 0 Å². The molecular formula is C30H36F2N4. The van der Waals surface area contributed by atoms with Gasteiger partial charge < -0.3 is 14.0 Å². The minimum atomic E-state index is -0.767. The van der Waals surface area contributed by atoms with Crippen LogP contribution in [0.1, 0.15) is 54.5 Å². The molecule has 0 radical (unpaired) electrons. The molecule has 2 aliphatic rings. The van der Waals surface area contributed by atoms with Gasteiger partial charge in [-0.1, -0.05) is 6.07 Å². The molecule has 6 rings (SSSR count). The normalized spacial score (nSPS) is 24.1. The summed E-state index contributed by atoms with van der Waals surface area (Å²) in [6.07, 6.45) is 8.67. The lowest BCUT2D eigenvalue weighted by molar-refractivity contribution is 0.102. The molecule has 2 saturated carbocycles. The second-order valence-corrected chi connectivity index (χ2v) is 11.4. The van der Waals surface area contributed by atoms with E-state index in [1.54, 1.807) is 0 Å². The standard InChI is InChI=1S/C30H36F2N4/c1-18-6-7-29-25(19(18)2)8-9-35(29)23-12-22(13-23)34(5)16-20-17-36(24-10-21(11-24)33(3)4)30-15-28(32)27(31)14-26(20)30/h6-9,14-15,17,21-24H,10-13,16H2,1-5H3. The van der Waals surface area contributed by atoms with Crippen LogP contribution in [0.5, 0.6) is 0 Å². The van der Waals surface area contributed by atoms with Crippen LogP contribution in [0.15, 0.2) is 42.7 Å². The lowest BCUT2D eigenvalue weighted by Crippen LogP contribution is -2.42. The molecule has 0 spiro atoms. The second kappa shape index (κ2) is 8.70. The van der Waals surface area contributed by atoms with Crippen LogP contribution in [0.2, 0.25) is 0 Å². The summed E-state index contributed by atoms with van der Waals surface area (Å²) in [7, 11) is 6.38. The van der Waals surface area contributed by atoms with Gasteiger partial charge >= 0.3 is 0 Å². The Kier molecular flexibility index (Phi) is 5.73. The van der Waals surface area contributed by atoms with Gasteiger partial charge in [-0.05, 0) is 95.6 Å². The maximum absolute atomic E-state index is 14.3. The van der Waals surface area contributed by atoms with Gasteiger partial charge in [0.15, 0.2) is 11.6 Å². The Morgan fingerprint density at radius 1 is 0.806 bits per heavy atom. The highest BCUT2D eigenvalue weighted by molar-refractivity contribution is 5.85. The summed E-state index contributed by atoms with van der Waals surface area (Å²) in [5.74, 6) is -1.53. The smallest absolute Gasteiger partial charge is 0.160 e. The average molecular weight is 491 g/mol. The van der Waals surface area contributed by atoms with Gasteiger partial charge in [-0.3, -0.25) is 4.90 Å². The van der Waals surface area contributed by atoms with Crippen LogP contribution < -0.4 is 0 Å². The second-order valence-electron chi connectivity index (χ2n) is 11.4. The largest absolute Gasteiger partial charge is 0.344 e. The molecule has 2 fully saturated rings. The first kappa shape index (κ1) is 23.7. The van der Waals surface area contributed by atoms with Crippen LogP contribution in [0.4, 0.5) is 8.78 Å². The summed E-state index contributed by atoms with van der Waals surface area (Å²) < 4.78 is 33.1. The predicted molar refractivity (Wildman–Crippen MR) is 143 cm³/mol. The number of aromatic nitrogens is 2. The van der Waals surface area contributed by atoms with Crippen LogP contribution in [0.25, 0.3) is 21.8 Å². The molecule has 0 amide bonds. The van der Waals surface area contributed by atoms with Crippen LogP contribution in [0, 0.1) is 25.5 Å². The van der Waals surface area contributed by atoms with E-state index >= 15 is 0 Å². The van der Waals surface area contributed by atoms with Gasteiger partial charge in [-0.25, -0.2) is 8.78 Å². The highest BCUT2D eigenvalue weighted by Crippen LogP contribution is 2.41. The van der Waals surface area contributed by atoms with Crippen LogP contribution in [-0.2, 0) is 6.54 Å². The topological polar surface area (TPSA) is 16.3 Å². The van der Waals surface area contributed by atoms with Crippen LogP contribution in [-0.4, -0.2) is 52.2 Å². The van der Waals surface area contributed by atoms with Gasteiger partial charge in [-0.2, -0.15) is 0 Å². The minimum absolute atomic E-state index is 0.339. The van der Waals surface area contributed by atoms with Crippen molar-refractivity contribution in [3.8, 4) is 0 Å². The van der Waals surface area contributed by atoms with E-state index in [2.05, 4.69) is 84.5 Å². The molecule has 2 heterocycles. The number of halogens is 2. The molecule has 2 aromatic carbocycles. The first-order chi connectivity index (χ1) is 17.2. The zero-order valence-corrected chi connectivity index (χ0v) is 21.9. The van der Waals surface area contributed by atoms with Crippen molar-refractivity contribution in [1.82, 2.24) is 18.9 Å². The Morgan fingerprint density at radius 2 is 1.47 bits per heavy atom. The summed E-state index contributed by atoms with van der Waals surface area (Å²) in [6, 6.07) is 11.4. The summed E-state index contributed by atoms with van der Waals surface area (Å²) in [5.41, 5.74) is 5.92. The molecule has 2 aliphatic carbocycles. The number of hydrogen-bond acceptors (Lipinski definition) is 2. The van der Waals surface area contributed by atoms with Gasteiger partial charge in [-0.15, -0.1) is 0 Å². The van der Waals surface area contributed by atoms with Crippen molar-refractivity contribution in [3.05, 3.63) is 71.1 Å². The number of hydrogen-bond donors (Lipinski definition) is 0. The molecule has 4 nitrogen and oxygen atoms in total. The molecule has 0 N–H and O–H groups in total. The molecule has 0 aliphatic heterocycles. The van der Waals surface area contributed by atoms with Crippen molar-refractivity contribution in [1.29, 1.82) is 0 Å². The monoisotopic (exact) mass is 490 g/mol. The zero-order valence-electron chi connectivity index (χ0n) is 21.9. The third kappa shape index (κ3) is 3.77. The van der Waals surface area contributed by atoms with Gasteiger partial charge in [0, 0.05) is 65.5 Å². The van der Waals surface area contributed by atoms with Crippen molar-refractivity contribution in [2.24, 2.45) is 0 Å². The van der Waals surface area contributed by atoms with Gasteiger partial charge in [0.25, 0.3) is 0 Å². The number of nitrogens with zero attached hydrogens (tertiary/aromatic N) is 4. The number of aryl methyl sites for hydroxylation is 2. The van der Waals surface area contributed by atoms with E-state index in [0.717, 1.165) is 48.7 Å². The molecule has 0 bridgehead atoms. The lowest BCUT2D eigenvalue weighted by Gasteiger charge is -2.42. The fraction of sp³-hybridized carbons (Fsp3) is 0.467. The first-order valence-electron chi connectivity index (χ1n) is 13.1. The number of benzene rings is 2. The predicted octanol–water partition coefficient (Wildman–Crippen LogP) is 6.59. The average Bonchev–Trinajstić information content (AvgIpc) is 3.32. The Labute approximate surface area is 212 Å². The van der Waals surface area contributed by atoms with Crippen LogP contribution >= 0.6 is 0 Å². The van der Waals surface area contributed by atoms with E-state index in [9.17, 15) is 8.78 Å². The third-order valence-electron chi connectivity index (χ3n) is 9.14. The van der Waals surface area contributed by atoms with E-state index in [1.165, 1.54) is 34.2 Å². The maximum Gasteiger partial charge on any atom is 0.160 e. The summed E-state index contributed by atoms with van der Waals surface area (Å²) in [6.45, 7) is 5.11. The van der Waals surface area contributed by atoms with Crippen molar-refractivity contribution in [3.63, 3.8) is 0 Å². The van der Waals surface area contributed by atoms with Crippen molar-refractivity contribution in [2.75, 3.05) is 21.1 Å². The molecule has 2 aromatic heterocycles. The Balaban J connectivity index is 1.20. The Hall–Kier alpha value is -2.70. The van der Waals surface area contributed by atoms with Crippen molar-refractivity contribution in [2.45, 2.75) is 70.2 Å². The summed E-state index contributed by atoms with van der Waals surface area (Å²) in [4.78, 5) is 4.64. The third-order valence-corrected chi connectivity index (χ3v) is 9.14. The Morgan fingerprint density at radius 3 is 2.19 bits per heavy atom. The molecule has 6 heteroatoms. The quantitative estimate of drug-likeness (QED) is 0.303. The first-order valence-corrected chi connectivity index (χ1v) is 13.1. The van der Waals surface area contributed by atoms with E-state index < -0.39 is 11.6 Å². The number of fused-ring (bicyclic) bond motifs is 2. The van der Waals surface area contributed by atoms with E-state index in [-0.39, 0.29) is 0 Å². The van der Waals surface area contributed by atoms with Crippen LogP contribution in [0.3, 0.4) is 0 Å². The lowest BCUT2D eigenvalue weighted by atomic mass is 9.85. The highest BCUT2D eigenvalue weighted by atomic mass is 19.2. The maximum atomic E-state index is 14.3. The Bertz CT molecular complexity index is 1440. The summed E-state index contributed by atoms with van der Waals surface area (Å²) >= 11 is 0. The highest BCUT2D eigenvalue weighted by Gasteiger charge is 2.35. The van der Waals surface area contributed by atoms with E-state index in [0.29, 0.717) is 24.2 Å². The fourth-order valence-electron chi connectivity index (χ4n) is 6.31. The molecule has 0 saturated heterocycles. The molecule has 36 heavy (non-hydrogen) atoms. The molecule has 0 unspecified atom stereocenters. The van der Waals surface area contributed by atoms with Gasteiger partial charge in [0.1, 0.15) is 0 Å². The number of rotatable bonds is 6.